The van der Waals surface area contributed by atoms with Crippen molar-refractivity contribution in [1.82, 2.24) is 0 Å². The zero-order valence-electron chi connectivity index (χ0n) is 7.29. The molecule has 0 heterocycles. The first-order valence-electron chi connectivity index (χ1n) is 1.73. The zero-order chi connectivity index (χ0) is 6.57. The van der Waals surface area contributed by atoms with Crippen molar-refractivity contribution in [2.75, 3.05) is 0 Å². The maximum Gasteiger partial charge on any atom is 0.0643 e. The van der Waals surface area contributed by atoms with Crippen LogP contribution in [0.15, 0.2) is 12.2 Å². The molecule has 0 rings (SSSR count). The second-order valence-electron chi connectivity index (χ2n) is 0.971. The summed E-state index contributed by atoms with van der Waals surface area (Å²) in [6.45, 7) is 0. The molecular formula is C4H8O7Pb4-2. The topological polar surface area (TPSA) is 175 Å². The molecule has 0 saturated carbocycles. The van der Waals surface area contributed by atoms with E-state index in [0.29, 0.717) is 12.2 Å². The molecule has 0 aromatic heterocycles. The molecule has 0 bridgehead atoms. The molecule has 0 saturated heterocycles. The van der Waals surface area contributed by atoms with Gasteiger partial charge in [0, 0.05) is 109 Å². The number of aliphatic carboxylic acids is 2. The Morgan fingerprint density at radius 3 is 0.867 bits per heavy atom. The predicted molar refractivity (Wildman–Crippen MR) is 53.0 cm³/mol. The van der Waals surface area contributed by atoms with Crippen molar-refractivity contribution in [3.05, 3.63) is 12.2 Å². The van der Waals surface area contributed by atoms with Crippen molar-refractivity contribution in [2.45, 2.75) is 0 Å². The summed E-state index contributed by atoms with van der Waals surface area (Å²) in [7, 11) is 0. The average molecular weight is 997 g/mol. The van der Waals surface area contributed by atoms with Crippen LogP contribution < -0.4 is 10.2 Å². The molecular weight excluding hydrogens is 989 g/mol. The second-order valence-corrected chi connectivity index (χ2v) is 0.971. The van der Waals surface area contributed by atoms with Crippen molar-refractivity contribution in [3.63, 3.8) is 0 Å². The third kappa shape index (κ3) is 62.8. The summed E-state index contributed by atoms with van der Waals surface area (Å²) in [5, 5.41) is 18.8. The largest absolute Gasteiger partial charge is 0.545 e. The van der Waals surface area contributed by atoms with Crippen molar-refractivity contribution >= 4 is 121 Å². The van der Waals surface area contributed by atoms with E-state index < -0.39 is 11.9 Å². The van der Waals surface area contributed by atoms with E-state index in [2.05, 4.69) is 0 Å². The van der Waals surface area contributed by atoms with Gasteiger partial charge < -0.3 is 36.2 Å². The van der Waals surface area contributed by atoms with Gasteiger partial charge in [0.2, 0.25) is 0 Å². The Morgan fingerprint density at radius 2 is 0.800 bits per heavy atom. The van der Waals surface area contributed by atoms with Crippen molar-refractivity contribution in [2.24, 2.45) is 0 Å². The van der Waals surface area contributed by atoms with Crippen LogP contribution >= 0.6 is 0 Å². The van der Waals surface area contributed by atoms with Crippen molar-refractivity contribution < 1.29 is 36.2 Å². The van der Waals surface area contributed by atoms with Gasteiger partial charge in [-0.05, 0) is 12.2 Å². The van der Waals surface area contributed by atoms with Crippen LogP contribution in [0.5, 0.6) is 0 Å². The van der Waals surface area contributed by atoms with Gasteiger partial charge in [-0.1, -0.05) is 0 Å². The number of hydrogen-bond donors (Lipinski definition) is 0. The Kier molecular flexibility index (Phi) is 128. The van der Waals surface area contributed by atoms with E-state index in [1.807, 2.05) is 0 Å². The molecule has 0 aliphatic heterocycles. The molecule has 0 amide bonds. The zero-order valence-corrected chi connectivity index (χ0v) is 22.8. The van der Waals surface area contributed by atoms with Gasteiger partial charge in [-0.3, -0.25) is 0 Å². The number of carbonyl (C=O) groups is 2. The molecule has 0 fully saturated rings. The van der Waals surface area contributed by atoms with E-state index >= 15 is 0 Å². The van der Waals surface area contributed by atoms with E-state index in [-0.39, 0.29) is 126 Å². The molecule has 7 nitrogen and oxygen atoms in total. The van der Waals surface area contributed by atoms with Crippen LogP contribution in [0.4, 0.5) is 0 Å². The SMILES string of the molecule is O.O.O.O=C([O-])/C=C\C(=O)[O-].[Pb].[Pb].[Pb].[Pb]. The fraction of sp³-hybridized carbons (Fsp3) is 0. The Bertz CT molecular complexity index is 134. The summed E-state index contributed by atoms with van der Waals surface area (Å²) in [5.74, 6) is -3.09. The standard InChI is InChI=1S/C4H4O4.3H2O.4Pb/c5-3(6)1-2-4(7)8;;;;;;;/h1-2H,(H,5,6)(H,7,8);3*1H2;;;;/p-2/b2-1-;;;;;;;. The van der Waals surface area contributed by atoms with Crippen LogP contribution in [0.2, 0.25) is 0 Å². The van der Waals surface area contributed by atoms with Gasteiger partial charge in [-0.15, -0.1) is 0 Å². The minimum atomic E-state index is -1.55. The first-order chi connectivity index (χ1) is 3.63. The molecule has 0 spiro atoms. The van der Waals surface area contributed by atoms with Gasteiger partial charge in [-0.25, -0.2) is 0 Å². The first-order valence-corrected chi connectivity index (χ1v) is 1.73. The van der Waals surface area contributed by atoms with Crippen molar-refractivity contribution in [1.29, 1.82) is 0 Å². The molecule has 0 aromatic rings. The molecule has 16 radical (unpaired) electrons. The molecule has 0 unspecified atom stereocenters. The molecule has 6 N–H and O–H groups in total. The predicted octanol–water partition coefficient (Wildman–Crippen LogP) is -6.95. The normalized spacial score (nSPS) is 5.07. The molecule has 11 heteroatoms. The van der Waals surface area contributed by atoms with Gasteiger partial charge in [0.05, 0.1) is 11.9 Å². The fourth-order valence-electron chi connectivity index (χ4n) is 0.136. The smallest absolute Gasteiger partial charge is 0.0643 e. The van der Waals surface area contributed by atoms with E-state index in [0.717, 1.165) is 0 Å². The Labute approximate surface area is 167 Å². The summed E-state index contributed by atoms with van der Waals surface area (Å²) in [4.78, 5) is 18.8. The van der Waals surface area contributed by atoms with E-state index in [1.165, 1.54) is 0 Å². The summed E-state index contributed by atoms with van der Waals surface area (Å²) >= 11 is 0. The molecule has 0 atom stereocenters. The van der Waals surface area contributed by atoms with Crippen LogP contribution in [-0.2, 0) is 9.59 Å². The van der Waals surface area contributed by atoms with Gasteiger partial charge in [-0.2, -0.15) is 0 Å². The first kappa shape index (κ1) is 53.2. The number of carbonyl (C=O) groups excluding carboxylic acids is 2. The molecule has 15 heavy (non-hydrogen) atoms. The average Bonchev–Trinajstić information content (AvgIpc) is 1.61. The Balaban J connectivity index is -0.0000000117. The van der Waals surface area contributed by atoms with Gasteiger partial charge in [0.25, 0.3) is 0 Å². The third-order valence-electron chi connectivity index (χ3n) is 0.355. The minimum absolute atomic E-state index is 0. The van der Waals surface area contributed by atoms with E-state index in [9.17, 15) is 19.8 Å². The van der Waals surface area contributed by atoms with Crippen LogP contribution in [-0.4, -0.2) is 138 Å². The second kappa shape index (κ2) is 36.0. The number of carboxylic acids is 2. The summed E-state index contributed by atoms with van der Waals surface area (Å²) in [5.41, 5.74) is 0. The molecule has 0 aromatic carbocycles. The Hall–Kier alpha value is 2.25. The van der Waals surface area contributed by atoms with Crippen LogP contribution in [0, 0.1) is 0 Å². The van der Waals surface area contributed by atoms with Crippen molar-refractivity contribution in [3.8, 4) is 0 Å². The summed E-state index contributed by atoms with van der Waals surface area (Å²) in [6.07, 6.45) is 0.769. The van der Waals surface area contributed by atoms with Gasteiger partial charge in [0.15, 0.2) is 0 Å². The van der Waals surface area contributed by atoms with E-state index in [1.54, 1.807) is 0 Å². The van der Waals surface area contributed by atoms with Gasteiger partial charge in [0.1, 0.15) is 0 Å². The maximum atomic E-state index is 9.41. The summed E-state index contributed by atoms with van der Waals surface area (Å²) < 4.78 is 0. The van der Waals surface area contributed by atoms with Gasteiger partial charge >= 0.3 is 0 Å². The molecule has 0 aliphatic rings. The van der Waals surface area contributed by atoms with Crippen LogP contribution in [0.1, 0.15) is 0 Å². The Morgan fingerprint density at radius 1 is 0.667 bits per heavy atom. The monoisotopic (exact) mass is 1000 g/mol. The molecule has 84 valence electrons. The fourth-order valence-corrected chi connectivity index (χ4v) is 0.136. The third-order valence-corrected chi connectivity index (χ3v) is 0.355. The minimum Gasteiger partial charge on any atom is -0.545 e. The van der Waals surface area contributed by atoms with E-state index in [4.69, 9.17) is 0 Å². The number of hydrogen-bond acceptors (Lipinski definition) is 4. The summed E-state index contributed by atoms with van der Waals surface area (Å²) in [6, 6.07) is 0. The van der Waals surface area contributed by atoms with Crippen LogP contribution in [0.3, 0.4) is 0 Å². The maximum absolute atomic E-state index is 9.41. The quantitative estimate of drug-likeness (QED) is 0.198. The number of carboxylic acid groups (broad SMARTS) is 2. The van der Waals surface area contributed by atoms with Crippen LogP contribution in [0.25, 0.3) is 0 Å². The molecule has 0 aliphatic carbocycles. The number of rotatable bonds is 2.